The topological polar surface area (TPSA) is 41.1 Å². The molecule has 1 heterocycles. The van der Waals surface area contributed by atoms with Crippen LogP contribution in [0.25, 0.3) is 0 Å². The molecule has 0 spiro atoms. The molecule has 2 fully saturated rings. The summed E-state index contributed by atoms with van der Waals surface area (Å²) in [4.78, 5) is 11.1. The smallest absolute Gasteiger partial charge is 0.220 e. The number of rotatable bonds is 4. The summed E-state index contributed by atoms with van der Waals surface area (Å²) in [6, 6.07) is 11.6. The molecule has 1 saturated carbocycles. The van der Waals surface area contributed by atoms with Crippen molar-refractivity contribution in [2.45, 2.75) is 37.3 Å². The molecule has 2 N–H and O–H groups in total. The van der Waals surface area contributed by atoms with Gasteiger partial charge >= 0.3 is 0 Å². The molecule has 1 amide bonds. The second-order valence-electron chi connectivity index (χ2n) is 5.07. The Labute approximate surface area is 102 Å². The second-order valence-corrected chi connectivity index (χ2v) is 5.07. The number of carbonyl (C=O) groups is 1. The molecule has 3 atom stereocenters. The van der Waals surface area contributed by atoms with Gasteiger partial charge < -0.3 is 10.6 Å². The molecule has 17 heavy (non-hydrogen) atoms. The average molecular weight is 230 g/mol. The molecule has 1 aromatic rings. The minimum atomic E-state index is 0.201. The standard InChI is InChI=1S/C14H18N2O/c17-14-7-6-11(16-14)9-15-13-8-12(13)10-4-2-1-3-5-10/h1-5,11-13,15H,6-9H2,(H,16,17). The molecular weight excluding hydrogens is 212 g/mol. The summed E-state index contributed by atoms with van der Waals surface area (Å²) in [5.41, 5.74) is 1.43. The van der Waals surface area contributed by atoms with Crippen molar-refractivity contribution < 1.29 is 4.79 Å². The number of amides is 1. The lowest BCUT2D eigenvalue weighted by Crippen LogP contribution is -2.36. The van der Waals surface area contributed by atoms with Crippen LogP contribution in [0.15, 0.2) is 30.3 Å². The van der Waals surface area contributed by atoms with Crippen LogP contribution in [-0.4, -0.2) is 24.5 Å². The largest absolute Gasteiger partial charge is 0.352 e. The van der Waals surface area contributed by atoms with Gasteiger partial charge in [0.2, 0.25) is 5.91 Å². The van der Waals surface area contributed by atoms with Crippen LogP contribution in [0.4, 0.5) is 0 Å². The van der Waals surface area contributed by atoms with Gasteiger partial charge in [0.05, 0.1) is 0 Å². The number of carbonyl (C=O) groups excluding carboxylic acids is 1. The summed E-state index contributed by atoms with van der Waals surface area (Å²) < 4.78 is 0. The minimum Gasteiger partial charge on any atom is -0.352 e. The molecule has 1 aliphatic heterocycles. The zero-order valence-corrected chi connectivity index (χ0v) is 9.86. The first-order valence-corrected chi connectivity index (χ1v) is 6.40. The van der Waals surface area contributed by atoms with Crippen molar-refractivity contribution >= 4 is 5.91 Å². The zero-order valence-electron chi connectivity index (χ0n) is 9.86. The summed E-state index contributed by atoms with van der Waals surface area (Å²) in [6.07, 6.45) is 2.90. The third kappa shape index (κ3) is 2.50. The first-order chi connectivity index (χ1) is 8.33. The summed E-state index contributed by atoms with van der Waals surface area (Å²) in [6.45, 7) is 0.916. The number of benzene rings is 1. The van der Waals surface area contributed by atoms with Crippen molar-refractivity contribution in [2.75, 3.05) is 6.54 Å². The van der Waals surface area contributed by atoms with Gasteiger partial charge in [0.1, 0.15) is 0 Å². The van der Waals surface area contributed by atoms with Crippen LogP contribution in [0.5, 0.6) is 0 Å². The van der Waals surface area contributed by atoms with Crippen LogP contribution in [0.1, 0.15) is 30.7 Å². The van der Waals surface area contributed by atoms with Crippen LogP contribution in [0.3, 0.4) is 0 Å². The zero-order chi connectivity index (χ0) is 11.7. The highest BCUT2D eigenvalue weighted by Gasteiger charge is 2.38. The fourth-order valence-corrected chi connectivity index (χ4v) is 2.61. The van der Waals surface area contributed by atoms with Gasteiger partial charge in [-0.2, -0.15) is 0 Å². The lowest BCUT2D eigenvalue weighted by atomic mass is 10.1. The van der Waals surface area contributed by atoms with Crippen molar-refractivity contribution in [2.24, 2.45) is 0 Å². The Kier molecular flexibility index (Phi) is 2.85. The molecule has 1 aliphatic carbocycles. The number of hydrogen-bond donors (Lipinski definition) is 2. The van der Waals surface area contributed by atoms with Gasteiger partial charge in [0, 0.05) is 31.0 Å². The first kappa shape index (κ1) is 10.8. The Balaban J connectivity index is 1.45. The van der Waals surface area contributed by atoms with Crippen molar-refractivity contribution in [1.82, 2.24) is 10.6 Å². The molecule has 0 bridgehead atoms. The fourth-order valence-electron chi connectivity index (χ4n) is 2.61. The predicted octanol–water partition coefficient (Wildman–Crippen LogP) is 1.41. The summed E-state index contributed by atoms with van der Waals surface area (Å²) in [7, 11) is 0. The van der Waals surface area contributed by atoms with E-state index >= 15 is 0 Å². The van der Waals surface area contributed by atoms with Gasteiger partial charge in [-0.1, -0.05) is 30.3 Å². The van der Waals surface area contributed by atoms with Gasteiger partial charge in [-0.3, -0.25) is 4.79 Å². The molecule has 3 rings (SSSR count). The first-order valence-electron chi connectivity index (χ1n) is 6.40. The highest BCUT2D eigenvalue weighted by atomic mass is 16.1. The lowest BCUT2D eigenvalue weighted by Gasteiger charge is -2.11. The lowest BCUT2D eigenvalue weighted by molar-refractivity contribution is -0.119. The van der Waals surface area contributed by atoms with Crippen LogP contribution in [-0.2, 0) is 4.79 Å². The maximum absolute atomic E-state index is 11.1. The van der Waals surface area contributed by atoms with E-state index in [1.54, 1.807) is 0 Å². The third-order valence-corrected chi connectivity index (χ3v) is 3.73. The van der Waals surface area contributed by atoms with Crippen LogP contribution < -0.4 is 10.6 Å². The van der Waals surface area contributed by atoms with E-state index in [1.807, 2.05) is 0 Å². The summed E-state index contributed by atoms with van der Waals surface area (Å²) in [5.74, 6) is 0.875. The fraction of sp³-hybridized carbons (Fsp3) is 0.500. The average Bonchev–Trinajstić information content (AvgIpc) is 3.03. The normalized spacial score (nSPS) is 31.3. The van der Waals surface area contributed by atoms with E-state index < -0.39 is 0 Å². The summed E-state index contributed by atoms with van der Waals surface area (Å²) >= 11 is 0. The molecule has 1 aromatic carbocycles. The number of nitrogens with one attached hydrogen (secondary N) is 2. The molecule has 3 nitrogen and oxygen atoms in total. The SMILES string of the molecule is O=C1CCC(CNC2CC2c2ccccc2)N1. The van der Waals surface area contributed by atoms with Crippen molar-refractivity contribution in [3.05, 3.63) is 35.9 Å². The van der Waals surface area contributed by atoms with E-state index in [0.29, 0.717) is 24.4 Å². The highest BCUT2D eigenvalue weighted by Crippen LogP contribution is 2.40. The Morgan fingerprint density at radius 2 is 2.12 bits per heavy atom. The minimum absolute atomic E-state index is 0.201. The Hall–Kier alpha value is -1.35. The van der Waals surface area contributed by atoms with Gasteiger partial charge in [-0.25, -0.2) is 0 Å². The van der Waals surface area contributed by atoms with Crippen molar-refractivity contribution in [3.63, 3.8) is 0 Å². The third-order valence-electron chi connectivity index (χ3n) is 3.73. The van der Waals surface area contributed by atoms with E-state index in [-0.39, 0.29) is 5.91 Å². The molecule has 3 heteroatoms. The van der Waals surface area contributed by atoms with Gasteiger partial charge in [-0.15, -0.1) is 0 Å². The van der Waals surface area contributed by atoms with E-state index in [9.17, 15) is 4.79 Å². The van der Waals surface area contributed by atoms with Crippen molar-refractivity contribution in [1.29, 1.82) is 0 Å². The summed E-state index contributed by atoms with van der Waals surface area (Å²) in [5, 5.41) is 6.54. The van der Waals surface area contributed by atoms with Crippen LogP contribution in [0, 0.1) is 0 Å². The van der Waals surface area contributed by atoms with Gasteiger partial charge in [0.25, 0.3) is 0 Å². The molecule has 1 saturated heterocycles. The maximum Gasteiger partial charge on any atom is 0.220 e. The maximum atomic E-state index is 11.1. The van der Waals surface area contributed by atoms with Gasteiger partial charge in [-0.05, 0) is 18.4 Å². The Morgan fingerprint density at radius 3 is 2.82 bits per heavy atom. The molecule has 0 aromatic heterocycles. The van der Waals surface area contributed by atoms with E-state index in [1.165, 1.54) is 12.0 Å². The Morgan fingerprint density at radius 1 is 1.29 bits per heavy atom. The van der Waals surface area contributed by atoms with Crippen molar-refractivity contribution in [3.8, 4) is 0 Å². The number of hydrogen-bond acceptors (Lipinski definition) is 2. The van der Waals surface area contributed by atoms with Crippen LogP contribution >= 0.6 is 0 Å². The molecular formula is C14H18N2O. The molecule has 90 valence electrons. The van der Waals surface area contributed by atoms with Gasteiger partial charge in [0.15, 0.2) is 0 Å². The van der Waals surface area contributed by atoms with Crippen LogP contribution in [0.2, 0.25) is 0 Å². The van der Waals surface area contributed by atoms with E-state index in [4.69, 9.17) is 0 Å². The quantitative estimate of drug-likeness (QED) is 0.821. The molecule has 2 aliphatic rings. The molecule has 3 unspecified atom stereocenters. The van der Waals surface area contributed by atoms with E-state index in [0.717, 1.165) is 13.0 Å². The molecule has 0 radical (unpaired) electrons. The predicted molar refractivity (Wildman–Crippen MR) is 66.8 cm³/mol. The highest BCUT2D eigenvalue weighted by molar-refractivity contribution is 5.78. The second kappa shape index (κ2) is 4.49. The Bertz CT molecular complexity index is 404. The van der Waals surface area contributed by atoms with E-state index in [2.05, 4.69) is 41.0 Å². The monoisotopic (exact) mass is 230 g/mol.